The zero-order valence-corrected chi connectivity index (χ0v) is 15.1. The topological polar surface area (TPSA) is 46.0 Å². The fourth-order valence-electron chi connectivity index (χ4n) is 3.03. The second-order valence-corrected chi connectivity index (χ2v) is 6.44. The van der Waals surface area contributed by atoms with Gasteiger partial charge in [0.05, 0.1) is 5.69 Å². The summed E-state index contributed by atoms with van der Waals surface area (Å²) in [6, 6.07) is 14.9. The average Bonchev–Trinajstić information content (AvgIpc) is 3.00. The van der Waals surface area contributed by atoms with Crippen LogP contribution in [0.2, 0.25) is 0 Å². The standard InChI is InChI=1S/C20H25N5/c1-24(2)19(16-8-5-4-6-9-16)14-22-13-18-15-25(3)23-20(18)17-10-7-11-21-12-17/h4-12,15,19,22H,13-14H2,1-3H3. The van der Waals surface area contributed by atoms with E-state index in [1.54, 1.807) is 6.20 Å². The second-order valence-electron chi connectivity index (χ2n) is 6.44. The van der Waals surface area contributed by atoms with Crippen molar-refractivity contribution in [2.45, 2.75) is 12.6 Å². The summed E-state index contributed by atoms with van der Waals surface area (Å²) in [6.45, 7) is 1.65. The molecule has 1 aromatic carbocycles. The highest BCUT2D eigenvalue weighted by atomic mass is 15.3. The predicted molar refractivity (Wildman–Crippen MR) is 101 cm³/mol. The molecule has 1 atom stereocenters. The van der Waals surface area contributed by atoms with Crippen LogP contribution in [0.5, 0.6) is 0 Å². The lowest BCUT2D eigenvalue weighted by Crippen LogP contribution is -2.30. The molecule has 0 radical (unpaired) electrons. The summed E-state index contributed by atoms with van der Waals surface area (Å²) in [5.41, 5.74) is 4.54. The molecular formula is C20H25N5. The van der Waals surface area contributed by atoms with Crippen molar-refractivity contribution in [1.82, 2.24) is 25.0 Å². The van der Waals surface area contributed by atoms with Gasteiger partial charge in [-0.2, -0.15) is 5.10 Å². The van der Waals surface area contributed by atoms with Crippen LogP contribution in [0, 0.1) is 0 Å². The summed E-state index contributed by atoms with van der Waals surface area (Å²) >= 11 is 0. The molecule has 0 saturated heterocycles. The highest BCUT2D eigenvalue weighted by Crippen LogP contribution is 2.21. The van der Waals surface area contributed by atoms with Crippen LogP contribution in [-0.2, 0) is 13.6 Å². The Morgan fingerprint density at radius 3 is 2.60 bits per heavy atom. The van der Waals surface area contributed by atoms with Gasteiger partial charge in [0.2, 0.25) is 0 Å². The molecule has 130 valence electrons. The van der Waals surface area contributed by atoms with Gasteiger partial charge >= 0.3 is 0 Å². The molecule has 25 heavy (non-hydrogen) atoms. The molecule has 1 unspecified atom stereocenters. The van der Waals surface area contributed by atoms with Crippen molar-refractivity contribution in [2.24, 2.45) is 7.05 Å². The minimum Gasteiger partial charge on any atom is -0.311 e. The lowest BCUT2D eigenvalue weighted by molar-refractivity contribution is 0.288. The summed E-state index contributed by atoms with van der Waals surface area (Å²) in [4.78, 5) is 6.45. The Hall–Kier alpha value is -2.50. The largest absolute Gasteiger partial charge is 0.311 e. The third-order valence-electron chi connectivity index (χ3n) is 4.30. The van der Waals surface area contributed by atoms with Crippen molar-refractivity contribution in [3.8, 4) is 11.3 Å². The van der Waals surface area contributed by atoms with Crippen LogP contribution in [0.25, 0.3) is 11.3 Å². The van der Waals surface area contributed by atoms with Crippen molar-refractivity contribution in [3.63, 3.8) is 0 Å². The maximum atomic E-state index is 4.60. The van der Waals surface area contributed by atoms with Crippen molar-refractivity contribution in [3.05, 3.63) is 72.2 Å². The van der Waals surface area contributed by atoms with Crippen molar-refractivity contribution >= 4 is 0 Å². The predicted octanol–water partition coefficient (Wildman–Crippen LogP) is 2.87. The van der Waals surface area contributed by atoms with Gasteiger partial charge in [-0.1, -0.05) is 30.3 Å². The van der Waals surface area contributed by atoms with Crippen LogP contribution in [0.1, 0.15) is 17.2 Å². The van der Waals surface area contributed by atoms with Crippen LogP contribution < -0.4 is 5.32 Å². The lowest BCUT2D eigenvalue weighted by atomic mass is 10.1. The number of nitrogens with one attached hydrogen (secondary N) is 1. The van der Waals surface area contributed by atoms with Crippen molar-refractivity contribution in [2.75, 3.05) is 20.6 Å². The van der Waals surface area contributed by atoms with E-state index in [0.717, 1.165) is 24.3 Å². The number of likely N-dealkylation sites (N-methyl/N-ethyl adjacent to an activating group) is 1. The number of pyridine rings is 1. The smallest absolute Gasteiger partial charge is 0.0983 e. The Bertz CT molecular complexity index is 780. The van der Waals surface area contributed by atoms with E-state index >= 15 is 0 Å². The molecule has 2 heterocycles. The van der Waals surface area contributed by atoms with Gasteiger partial charge in [-0.25, -0.2) is 0 Å². The third-order valence-corrected chi connectivity index (χ3v) is 4.30. The molecule has 5 nitrogen and oxygen atoms in total. The first-order valence-corrected chi connectivity index (χ1v) is 8.50. The van der Waals surface area contributed by atoms with E-state index in [9.17, 15) is 0 Å². The molecule has 0 saturated carbocycles. The highest BCUT2D eigenvalue weighted by Gasteiger charge is 2.15. The van der Waals surface area contributed by atoms with Crippen LogP contribution in [0.4, 0.5) is 0 Å². The average molecular weight is 335 g/mol. The van der Waals surface area contributed by atoms with Gasteiger partial charge in [0.1, 0.15) is 0 Å². The molecule has 0 aliphatic heterocycles. The second kappa shape index (κ2) is 8.05. The summed E-state index contributed by atoms with van der Waals surface area (Å²) in [5, 5.41) is 8.19. The Morgan fingerprint density at radius 1 is 1.12 bits per heavy atom. The summed E-state index contributed by atoms with van der Waals surface area (Å²) in [5.74, 6) is 0. The number of aryl methyl sites for hydroxylation is 1. The maximum absolute atomic E-state index is 4.60. The zero-order chi connectivity index (χ0) is 17.6. The van der Waals surface area contributed by atoms with Crippen molar-refractivity contribution < 1.29 is 0 Å². The van der Waals surface area contributed by atoms with Crippen LogP contribution in [0.3, 0.4) is 0 Å². The van der Waals surface area contributed by atoms with Crippen LogP contribution in [0.15, 0.2) is 61.1 Å². The Balaban J connectivity index is 1.70. The Kier molecular flexibility index (Phi) is 5.58. The zero-order valence-electron chi connectivity index (χ0n) is 15.1. The molecule has 1 N–H and O–H groups in total. The number of hydrogen-bond acceptors (Lipinski definition) is 4. The van der Waals surface area contributed by atoms with E-state index in [4.69, 9.17) is 0 Å². The molecular weight excluding hydrogens is 310 g/mol. The minimum atomic E-state index is 0.333. The van der Waals surface area contributed by atoms with Crippen LogP contribution >= 0.6 is 0 Å². The number of aromatic nitrogens is 3. The lowest BCUT2D eigenvalue weighted by Gasteiger charge is -2.25. The number of nitrogens with zero attached hydrogens (tertiary/aromatic N) is 4. The molecule has 0 aliphatic carbocycles. The van der Waals surface area contributed by atoms with E-state index in [1.165, 1.54) is 11.1 Å². The van der Waals surface area contributed by atoms with Gasteiger partial charge in [0.15, 0.2) is 0 Å². The number of rotatable bonds is 7. The quantitative estimate of drug-likeness (QED) is 0.721. The van der Waals surface area contributed by atoms with Gasteiger partial charge in [-0.15, -0.1) is 0 Å². The Labute approximate surface area is 149 Å². The summed E-state index contributed by atoms with van der Waals surface area (Å²) in [6.07, 6.45) is 5.72. The fourth-order valence-corrected chi connectivity index (χ4v) is 3.03. The highest BCUT2D eigenvalue weighted by molar-refractivity contribution is 5.61. The summed E-state index contributed by atoms with van der Waals surface area (Å²) in [7, 11) is 6.19. The first-order chi connectivity index (χ1) is 12.1. The van der Waals surface area contributed by atoms with E-state index in [0.29, 0.717) is 6.04 Å². The molecule has 0 aliphatic rings. The monoisotopic (exact) mass is 335 g/mol. The molecule has 2 aromatic heterocycles. The molecule has 0 amide bonds. The summed E-state index contributed by atoms with van der Waals surface area (Å²) < 4.78 is 1.86. The molecule has 5 heteroatoms. The van der Waals surface area contributed by atoms with Crippen LogP contribution in [-0.4, -0.2) is 40.3 Å². The first-order valence-electron chi connectivity index (χ1n) is 8.50. The SMILES string of the molecule is CN(C)C(CNCc1cn(C)nc1-c1cccnc1)c1ccccc1. The number of hydrogen-bond donors (Lipinski definition) is 1. The van der Waals surface area contributed by atoms with Gasteiger partial charge in [0, 0.05) is 55.9 Å². The van der Waals surface area contributed by atoms with Gasteiger partial charge < -0.3 is 10.2 Å². The molecule has 0 fully saturated rings. The third kappa shape index (κ3) is 4.32. The molecule has 0 spiro atoms. The molecule has 0 bridgehead atoms. The number of benzene rings is 1. The van der Waals surface area contributed by atoms with E-state index in [-0.39, 0.29) is 0 Å². The normalized spacial score (nSPS) is 12.5. The van der Waals surface area contributed by atoms with Gasteiger partial charge in [0.25, 0.3) is 0 Å². The van der Waals surface area contributed by atoms with E-state index in [2.05, 4.69) is 70.9 Å². The van der Waals surface area contributed by atoms with E-state index in [1.807, 2.05) is 30.1 Å². The van der Waals surface area contributed by atoms with E-state index < -0.39 is 0 Å². The van der Waals surface area contributed by atoms with Gasteiger partial charge in [-0.05, 0) is 31.8 Å². The molecule has 3 aromatic rings. The first kappa shape index (κ1) is 17.3. The minimum absolute atomic E-state index is 0.333. The molecule has 3 rings (SSSR count). The van der Waals surface area contributed by atoms with Crippen molar-refractivity contribution in [1.29, 1.82) is 0 Å². The van der Waals surface area contributed by atoms with Gasteiger partial charge in [-0.3, -0.25) is 9.67 Å². The fraction of sp³-hybridized carbons (Fsp3) is 0.300. The Morgan fingerprint density at radius 2 is 1.92 bits per heavy atom. The maximum Gasteiger partial charge on any atom is 0.0983 e.